The van der Waals surface area contributed by atoms with Crippen molar-refractivity contribution < 1.29 is 4.74 Å². The number of nitrogens with one attached hydrogen (secondary N) is 2. The van der Waals surface area contributed by atoms with Gasteiger partial charge in [-0.3, -0.25) is 0 Å². The zero-order valence-corrected chi connectivity index (χ0v) is 14.9. The van der Waals surface area contributed by atoms with Gasteiger partial charge in [-0.05, 0) is 55.0 Å². The number of thioether (sulfide) groups is 1. The highest BCUT2D eigenvalue weighted by molar-refractivity contribution is 7.98. The van der Waals surface area contributed by atoms with E-state index in [1.165, 1.54) is 15.8 Å². The molecule has 3 rings (SSSR count). The largest absolute Gasteiger partial charge is 0.495 e. The summed E-state index contributed by atoms with van der Waals surface area (Å²) in [5.41, 5.74) is 4.28. The molecule has 0 amide bonds. The minimum Gasteiger partial charge on any atom is -0.495 e. The summed E-state index contributed by atoms with van der Waals surface area (Å²) in [5, 5.41) is 4.54. The molecule has 0 bridgehead atoms. The third-order valence-electron chi connectivity index (χ3n) is 3.88. The number of anilines is 1. The normalized spacial score (nSPS) is 10.3. The number of aromatic amines is 1. The number of fused-ring (bicyclic) bond motifs is 1. The Morgan fingerprint density at radius 2 is 2.08 bits per heavy atom. The number of aryl methyl sites for hydroxylation is 1. The molecule has 0 atom stereocenters. The van der Waals surface area contributed by atoms with Crippen LogP contribution in [0.3, 0.4) is 0 Å². The zero-order valence-electron chi connectivity index (χ0n) is 14.1. The Labute approximate surface area is 146 Å². The first-order valence-corrected chi connectivity index (χ1v) is 8.97. The van der Waals surface area contributed by atoms with Gasteiger partial charge in [0.1, 0.15) is 5.75 Å². The molecule has 1 heterocycles. The highest BCUT2D eigenvalue weighted by Gasteiger charge is 2.03. The lowest BCUT2D eigenvalue weighted by Gasteiger charge is -2.10. The maximum absolute atomic E-state index is 5.43. The van der Waals surface area contributed by atoms with E-state index in [4.69, 9.17) is 4.74 Å². The van der Waals surface area contributed by atoms with Crippen LogP contribution in [0.15, 0.2) is 47.4 Å². The maximum Gasteiger partial charge on any atom is 0.143 e. The zero-order chi connectivity index (χ0) is 16.9. The average molecular weight is 336 g/mol. The van der Waals surface area contributed by atoms with Crippen molar-refractivity contribution >= 4 is 28.4 Å². The fourth-order valence-electron chi connectivity index (χ4n) is 2.60. The predicted octanol–water partition coefficient (Wildman–Crippen LogP) is 4.67. The van der Waals surface area contributed by atoms with Crippen LogP contribution in [-0.2, 0) is 0 Å². The van der Waals surface area contributed by atoms with Gasteiger partial charge in [0.05, 0.1) is 25.0 Å². The summed E-state index contributed by atoms with van der Waals surface area (Å²) >= 11 is 1.70. The first-order valence-electron chi connectivity index (χ1n) is 7.74. The van der Waals surface area contributed by atoms with Gasteiger partial charge in [0, 0.05) is 15.8 Å². The summed E-state index contributed by atoms with van der Waals surface area (Å²) in [7, 11) is 1.68. The molecular formula is C20H20N2OS. The van der Waals surface area contributed by atoms with Crippen LogP contribution in [-0.4, -0.2) is 24.9 Å². The maximum atomic E-state index is 5.43. The Morgan fingerprint density at radius 1 is 1.21 bits per heavy atom. The van der Waals surface area contributed by atoms with Crippen molar-refractivity contribution in [3.8, 4) is 17.6 Å². The highest BCUT2D eigenvalue weighted by atomic mass is 32.2. The second-order valence-corrected chi connectivity index (χ2v) is 6.32. The van der Waals surface area contributed by atoms with Crippen LogP contribution in [0.4, 0.5) is 5.69 Å². The molecule has 0 aliphatic carbocycles. The summed E-state index contributed by atoms with van der Waals surface area (Å²) in [4.78, 5) is 4.52. The van der Waals surface area contributed by atoms with Gasteiger partial charge in [-0.2, -0.15) is 0 Å². The first-order chi connectivity index (χ1) is 11.7. The quantitative estimate of drug-likeness (QED) is 0.537. The lowest BCUT2D eigenvalue weighted by atomic mass is 10.1. The van der Waals surface area contributed by atoms with Crippen LogP contribution < -0.4 is 10.1 Å². The fourth-order valence-corrected chi connectivity index (χ4v) is 3.03. The summed E-state index contributed by atoms with van der Waals surface area (Å²) < 4.78 is 5.43. The molecule has 0 aliphatic rings. The van der Waals surface area contributed by atoms with E-state index in [-0.39, 0.29) is 0 Å². The molecule has 4 heteroatoms. The SMILES string of the molecule is COc1cc(SC)ccc1NCC#Cc1cc2c(C)cccc2[nH]1. The van der Waals surface area contributed by atoms with Crippen molar-refractivity contribution in [2.45, 2.75) is 11.8 Å². The number of rotatable bonds is 4. The third kappa shape index (κ3) is 3.52. The number of hydrogen-bond acceptors (Lipinski definition) is 3. The molecule has 2 N–H and O–H groups in total. The van der Waals surface area contributed by atoms with Gasteiger partial charge >= 0.3 is 0 Å². The molecule has 0 spiro atoms. The number of methoxy groups -OCH3 is 1. The Bertz CT molecular complexity index is 918. The molecule has 1 aromatic heterocycles. The Hall–Kier alpha value is -2.51. The summed E-state index contributed by atoms with van der Waals surface area (Å²) in [6.45, 7) is 2.67. The second-order valence-electron chi connectivity index (χ2n) is 5.44. The molecule has 122 valence electrons. The van der Waals surface area contributed by atoms with Gasteiger partial charge in [-0.25, -0.2) is 0 Å². The Balaban J connectivity index is 1.70. The van der Waals surface area contributed by atoms with Crippen molar-refractivity contribution in [2.75, 3.05) is 25.2 Å². The molecule has 0 saturated heterocycles. The van der Waals surface area contributed by atoms with Crippen LogP contribution in [0.1, 0.15) is 11.3 Å². The van der Waals surface area contributed by atoms with Crippen molar-refractivity contribution in [2.24, 2.45) is 0 Å². The molecule has 0 fully saturated rings. The minimum absolute atomic E-state index is 0.559. The second kappa shape index (κ2) is 7.37. The summed E-state index contributed by atoms with van der Waals surface area (Å²) in [6, 6.07) is 14.5. The van der Waals surface area contributed by atoms with Gasteiger partial charge in [-0.15, -0.1) is 11.8 Å². The minimum atomic E-state index is 0.559. The smallest absolute Gasteiger partial charge is 0.143 e. The molecule has 0 aliphatic heterocycles. The average Bonchev–Trinajstić information content (AvgIpc) is 3.03. The molecule has 24 heavy (non-hydrogen) atoms. The van der Waals surface area contributed by atoms with Gasteiger partial charge in [0.15, 0.2) is 0 Å². The van der Waals surface area contributed by atoms with Crippen LogP contribution in [0.2, 0.25) is 0 Å². The van der Waals surface area contributed by atoms with Gasteiger partial charge in [0.2, 0.25) is 0 Å². The molecule has 3 nitrogen and oxygen atoms in total. The van der Waals surface area contributed by atoms with E-state index in [2.05, 4.69) is 65.7 Å². The summed E-state index contributed by atoms with van der Waals surface area (Å²) in [5.74, 6) is 7.17. The number of H-pyrrole nitrogens is 1. The Kier molecular flexibility index (Phi) is 5.02. The summed E-state index contributed by atoms with van der Waals surface area (Å²) in [6.07, 6.45) is 2.05. The highest BCUT2D eigenvalue weighted by Crippen LogP contribution is 2.29. The van der Waals surface area contributed by atoms with Gasteiger partial charge in [-0.1, -0.05) is 18.1 Å². The number of hydrogen-bond donors (Lipinski definition) is 2. The monoisotopic (exact) mass is 336 g/mol. The van der Waals surface area contributed by atoms with Crippen molar-refractivity contribution in [1.82, 2.24) is 4.98 Å². The van der Waals surface area contributed by atoms with Gasteiger partial charge < -0.3 is 15.0 Å². The number of benzene rings is 2. The third-order valence-corrected chi connectivity index (χ3v) is 4.61. The van der Waals surface area contributed by atoms with Gasteiger partial charge in [0.25, 0.3) is 0 Å². The Morgan fingerprint density at radius 3 is 2.83 bits per heavy atom. The molecule has 0 radical (unpaired) electrons. The van der Waals surface area contributed by atoms with Crippen LogP contribution in [0.25, 0.3) is 10.9 Å². The lowest BCUT2D eigenvalue weighted by molar-refractivity contribution is 0.415. The van der Waals surface area contributed by atoms with E-state index in [0.717, 1.165) is 22.6 Å². The predicted molar refractivity (Wildman–Crippen MR) is 103 cm³/mol. The standard InChI is InChI=1S/C20H20N2OS/c1-14-6-4-8-18-17(14)12-15(22-18)7-5-11-21-19-10-9-16(24-3)13-20(19)23-2/h4,6,8-10,12-13,21-22H,11H2,1-3H3. The topological polar surface area (TPSA) is 37.0 Å². The van der Waals surface area contributed by atoms with Crippen molar-refractivity contribution in [1.29, 1.82) is 0 Å². The van der Waals surface area contributed by atoms with E-state index in [1.807, 2.05) is 12.1 Å². The van der Waals surface area contributed by atoms with E-state index >= 15 is 0 Å². The lowest BCUT2D eigenvalue weighted by Crippen LogP contribution is -2.01. The molecule has 0 unspecified atom stereocenters. The van der Waals surface area contributed by atoms with Crippen molar-refractivity contribution in [3.05, 3.63) is 53.7 Å². The van der Waals surface area contributed by atoms with E-state index < -0.39 is 0 Å². The molecular weight excluding hydrogens is 316 g/mol. The van der Waals surface area contributed by atoms with Crippen LogP contribution >= 0.6 is 11.8 Å². The van der Waals surface area contributed by atoms with Crippen LogP contribution in [0, 0.1) is 18.8 Å². The van der Waals surface area contributed by atoms with Crippen LogP contribution in [0.5, 0.6) is 5.75 Å². The molecule has 3 aromatic rings. The van der Waals surface area contributed by atoms with E-state index in [1.54, 1.807) is 18.9 Å². The molecule has 0 saturated carbocycles. The number of ether oxygens (including phenoxy) is 1. The number of aromatic nitrogens is 1. The fraction of sp³-hybridized carbons (Fsp3) is 0.200. The molecule has 2 aromatic carbocycles. The first kappa shape index (κ1) is 16.4. The van der Waals surface area contributed by atoms with Crippen molar-refractivity contribution in [3.63, 3.8) is 0 Å². The van der Waals surface area contributed by atoms with E-state index in [9.17, 15) is 0 Å². The van der Waals surface area contributed by atoms with E-state index in [0.29, 0.717) is 6.54 Å².